The number of hydrogen-bond donors (Lipinski definition) is 1. The first-order valence-corrected chi connectivity index (χ1v) is 7.74. The summed E-state index contributed by atoms with van der Waals surface area (Å²) in [4.78, 5) is 14.0. The molecule has 4 nitrogen and oxygen atoms in total. The van der Waals surface area contributed by atoms with Crippen LogP contribution in [0.4, 0.5) is 0 Å². The van der Waals surface area contributed by atoms with Gasteiger partial charge in [0.05, 0.1) is 6.61 Å². The normalized spacial score (nSPS) is 17.0. The third-order valence-corrected chi connectivity index (χ3v) is 4.26. The first-order valence-electron chi connectivity index (χ1n) is 7.74. The lowest BCUT2D eigenvalue weighted by Crippen LogP contribution is -2.38. The van der Waals surface area contributed by atoms with Gasteiger partial charge in [-0.05, 0) is 56.5 Å². The fraction of sp³-hybridized carbons (Fsp3) is 0.588. The van der Waals surface area contributed by atoms with E-state index >= 15 is 0 Å². The van der Waals surface area contributed by atoms with Crippen molar-refractivity contribution in [1.29, 1.82) is 0 Å². The van der Waals surface area contributed by atoms with Crippen molar-refractivity contribution in [2.75, 3.05) is 26.7 Å². The second-order valence-electron chi connectivity index (χ2n) is 5.85. The van der Waals surface area contributed by atoms with Crippen LogP contribution in [-0.2, 0) is 4.79 Å². The molecule has 5 heteroatoms. The van der Waals surface area contributed by atoms with Gasteiger partial charge >= 0.3 is 0 Å². The monoisotopic (exact) mass is 326 g/mol. The second kappa shape index (κ2) is 9.01. The van der Waals surface area contributed by atoms with Crippen molar-refractivity contribution in [2.45, 2.75) is 39.2 Å². The van der Waals surface area contributed by atoms with E-state index in [0.717, 1.165) is 31.7 Å². The first-order chi connectivity index (χ1) is 10.1. The maximum atomic E-state index is 12.1. The molecule has 0 aliphatic carbocycles. The van der Waals surface area contributed by atoms with Crippen LogP contribution in [0.25, 0.3) is 0 Å². The Morgan fingerprint density at radius 3 is 2.77 bits per heavy atom. The molecule has 0 radical (unpaired) electrons. The van der Waals surface area contributed by atoms with Crippen LogP contribution in [0.15, 0.2) is 18.2 Å². The van der Waals surface area contributed by atoms with Gasteiger partial charge in [-0.1, -0.05) is 6.07 Å². The molecule has 22 heavy (non-hydrogen) atoms. The predicted molar refractivity (Wildman–Crippen MR) is 91.9 cm³/mol. The number of ether oxygens (including phenoxy) is 1. The summed E-state index contributed by atoms with van der Waals surface area (Å²) in [5, 5.41) is 3.29. The summed E-state index contributed by atoms with van der Waals surface area (Å²) in [5.41, 5.74) is 2.50. The van der Waals surface area contributed by atoms with Crippen molar-refractivity contribution in [3.05, 3.63) is 29.3 Å². The minimum absolute atomic E-state index is 0. The summed E-state index contributed by atoms with van der Waals surface area (Å²) in [5.74, 6) is 1.10. The number of carbonyl (C=O) groups is 1. The summed E-state index contributed by atoms with van der Waals surface area (Å²) < 4.78 is 5.71. The number of amides is 1. The molecule has 1 amide bonds. The molecule has 2 rings (SSSR count). The molecular weight excluding hydrogens is 300 g/mol. The van der Waals surface area contributed by atoms with E-state index in [2.05, 4.69) is 25.2 Å². The van der Waals surface area contributed by atoms with Crippen molar-refractivity contribution in [2.24, 2.45) is 0 Å². The van der Waals surface area contributed by atoms with Crippen LogP contribution in [0.2, 0.25) is 0 Å². The number of benzene rings is 1. The lowest BCUT2D eigenvalue weighted by molar-refractivity contribution is -0.131. The number of nitrogens with one attached hydrogen (secondary N) is 1. The van der Waals surface area contributed by atoms with Gasteiger partial charge in [0.1, 0.15) is 5.75 Å². The number of likely N-dealkylation sites (N-methyl/N-ethyl adjacent to an activating group) is 1. The smallest absolute Gasteiger partial charge is 0.222 e. The molecule has 1 saturated heterocycles. The Bertz CT molecular complexity index is 488. The quantitative estimate of drug-likeness (QED) is 0.817. The highest BCUT2D eigenvalue weighted by Gasteiger charge is 2.22. The van der Waals surface area contributed by atoms with Crippen molar-refractivity contribution >= 4 is 18.3 Å². The van der Waals surface area contributed by atoms with Gasteiger partial charge < -0.3 is 15.0 Å². The molecular formula is C17H27ClN2O2. The lowest BCUT2D eigenvalue weighted by Gasteiger charge is -2.23. The van der Waals surface area contributed by atoms with Gasteiger partial charge in [-0.25, -0.2) is 0 Å². The number of hydrogen-bond acceptors (Lipinski definition) is 3. The Morgan fingerprint density at radius 1 is 1.36 bits per heavy atom. The average Bonchev–Trinajstić information content (AvgIpc) is 3.00. The number of rotatable bonds is 6. The molecule has 1 unspecified atom stereocenters. The van der Waals surface area contributed by atoms with Crippen LogP contribution in [0, 0.1) is 13.8 Å². The van der Waals surface area contributed by atoms with Crippen molar-refractivity contribution in [3.8, 4) is 5.75 Å². The summed E-state index contributed by atoms with van der Waals surface area (Å²) in [6.45, 7) is 6.69. The van der Waals surface area contributed by atoms with Gasteiger partial charge in [0.25, 0.3) is 0 Å². The SMILES string of the molecule is Cc1ccc(OCCCC(=O)N(C)C2CCNC2)cc1C.Cl. The van der Waals surface area contributed by atoms with Crippen LogP contribution < -0.4 is 10.1 Å². The highest BCUT2D eigenvalue weighted by atomic mass is 35.5. The molecule has 0 aromatic heterocycles. The molecule has 1 N–H and O–H groups in total. The minimum Gasteiger partial charge on any atom is -0.494 e. The highest BCUT2D eigenvalue weighted by molar-refractivity contribution is 5.85. The van der Waals surface area contributed by atoms with Gasteiger partial charge in [0, 0.05) is 26.1 Å². The van der Waals surface area contributed by atoms with E-state index in [9.17, 15) is 4.79 Å². The van der Waals surface area contributed by atoms with Crippen molar-refractivity contribution in [1.82, 2.24) is 10.2 Å². The Labute approximate surface area is 139 Å². The highest BCUT2D eigenvalue weighted by Crippen LogP contribution is 2.17. The average molecular weight is 327 g/mol. The zero-order valence-corrected chi connectivity index (χ0v) is 14.5. The van der Waals surface area contributed by atoms with Crippen molar-refractivity contribution < 1.29 is 9.53 Å². The van der Waals surface area contributed by atoms with Crippen LogP contribution in [-0.4, -0.2) is 43.6 Å². The van der Waals surface area contributed by atoms with Gasteiger partial charge in [0.2, 0.25) is 5.91 Å². The molecule has 1 aromatic rings. The third-order valence-electron chi connectivity index (χ3n) is 4.26. The van der Waals surface area contributed by atoms with Gasteiger partial charge in [-0.2, -0.15) is 0 Å². The van der Waals surface area contributed by atoms with Gasteiger partial charge in [-0.15, -0.1) is 12.4 Å². The largest absolute Gasteiger partial charge is 0.494 e. The topological polar surface area (TPSA) is 41.6 Å². The summed E-state index contributed by atoms with van der Waals surface area (Å²) in [6, 6.07) is 6.46. The van der Waals surface area contributed by atoms with Gasteiger partial charge in [-0.3, -0.25) is 4.79 Å². The van der Waals surface area contributed by atoms with E-state index in [1.165, 1.54) is 11.1 Å². The lowest BCUT2D eigenvalue weighted by atomic mass is 10.1. The molecule has 0 bridgehead atoms. The summed E-state index contributed by atoms with van der Waals surface area (Å²) in [7, 11) is 1.91. The Morgan fingerprint density at radius 2 is 2.14 bits per heavy atom. The van der Waals surface area contributed by atoms with Crippen LogP contribution in [0.1, 0.15) is 30.4 Å². The summed E-state index contributed by atoms with van der Waals surface area (Å²) >= 11 is 0. The number of halogens is 1. The summed E-state index contributed by atoms with van der Waals surface area (Å²) in [6.07, 6.45) is 2.37. The maximum Gasteiger partial charge on any atom is 0.222 e. The van der Waals surface area contributed by atoms with Crippen LogP contribution in [0.3, 0.4) is 0 Å². The predicted octanol–water partition coefficient (Wildman–Crippen LogP) is 2.70. The van der Waals surface area contributed by atoms with E-state index in [1.54, 1.807) is 0 Å². The van der Waals surface area contributed by atoms with E-state index < -0.39 is 0 Å². The second-order valence-corrected chi connectivity index (χ2v) is 5.85. The number of nitrogens with zero attached hydrogens (tertiary/aromatic N) is 1. The first kappa shape index (κ1) is 18.8. The fourth-order valence-electron chi connectivity index (χ4n) is 2.57. The Hall–Kier alpha value is -1.26. The van der Waals surface area contributed by atoms with Gasteiger partial charge in [0.15, 0.2) is 0 Å². The van der Waals surface area contributed by atoms with E-state index in [1.807, 2.05) is 24.1 Å². The number of carbonyl (C=O) groups excluding carboxylic acids is 1. The molecule has 1 fully saturated rings. The zero-order chi connectivity index (χ0) is 15.2. The van der Waals surface area contributed by atoms with E-state index in [4.69, 9.17) is 4.74 Å². The molecule has 1 heterocycles. The van der Waals surface area contributed by atoms with Crippen molar-refractivity contribution in [3.63, 3.8) is 0 Å². The van der Waals surface area contributed by atoms with E-state index in [0.29, 0.717) is 19.1 Å². The Kier molecular flexibility index (Phi) is 7.69. The minimum atomic E-state index is 0. The molecule has 124 valence electrons. The molecule has 1 atom stereocenters. The standard InChI is InChI=1S/C17H26N2O2.ClH/c1-13-6-7-16(11-14(13)2)21-10-4-5-17(20)19(3)15-8-9-18-12-15;/h6-7,11,15,18H,4-5,8-10,12H2,1-3H3;1H. The maximum absolute atomic E-state index is 12.1. The third kappa shape index (κ3) is 5.18. The molecule has 1 aromatic carbocycles. The molecule has 1 aliphatic heterocycles. The molecule has 0 saturated carbocycles. The molecule has 0 spiro atoms. The van der Waals surface area contributed by atoms with Crippen LogP contribution >= 0.6 is 12.4 Å². The fourth-order valence-corrected chi connectivity index (χ4v) is 2.57. The zero-order valence-electron chi connectivity index (χ0n) is 13.7. The van der Waals surface area contributed by atoms with Crippen LogP contribution in [0.5, 0.6) is 5.75 Å². The number of aryl methyl sites for hydroxylation is 2. The Balaban J connectivity index is 0.00000242. The molecule has 1 aliphatic rings. The van der Waals surface area contributed by atoms with E-state index in [-0.39, 0.29) is 18.3 Å².